The number of anilines is 1. The number of aliphatic imine (C=N–C) groups is 1. The first-order valence-corrected chi connectivity index (χ1v) is 14.8. The molecule has 7 nitrogen and oxygen atoms in total. The number of nitrogens with one attached hydrogen (secondary N) is 2. The largest absolute Gasteiger partial charge is 0.342 e. The van der Waals surface area contributed by atoms with Crippen LogP contribution in [0.3, 0.4) is 0 Å². The highest BCUT2D eigenvalue weighted by atomic mass is 35.5. The lowest BCUT2D eigenvalue weighted by Crippen LogP contribution is -2.35. The minimum Gasteiger partial charge on any atom is -0.342 e. The predicted octanol–water partition coefficient (Wildman–Crippen LogP) is 7.51. The van der Waals surface area contributed by atoms with Crippen molar-refractivity contribution < 1.29 is 4.79 Å². The summed E-state index contributed by atoms with van der Waals surface area (Å²) in [5, 5.41) is 4.20. The van der Waals surface area contributed by atoms with Gasteiger partial charge in [-0.3, -0.25) is 9.79 Å². The molecule has 212 valence electrons. The van der Waals surface area contributed by atoms with Crippen LogP contribution in [-0.4, -0.2) is 59.8 Å². The van der Waals surface area contributed by atoms with Crippen molar-refractivity contribution in [1.29, 1.82) is 0 Å². The van der Waals surface area contributed by atoms with E-state index in [1.807, 2.05) is 31.2 Å². The molecule has 0 aliphatic carbocycles. The number of carbonyl (C=O) groups is 1. The second kappa shape index (κ2) is 15.2. The summed E-state index contributed by atoms with van der Waals surface area (Å²) in [6.45, 7) is 12.0. The standard InChI is InChI=1S/C30H42Cl2N6O/c1-6-9-17-38(28(33-15-7-2)14-18-37(5)16-8-3)27-13-10-22(19-24(27)32)30(39)34-21(4)29-35-25-12-11-23(31)20-26(25)36-29/h10-13,19-21H,6-9,14-18H2,1-5H3,(H,34,39)(H,35,36). The summed E-state index contributed by atoms with van der Waals surface area (Å²) >= 11 is 12.9. The van der Waals surface area contributed by atoms with Crippen molar-refractivity contribution in [3.05, 3.63) is 57.8 Å². The molecule has 1 atom stereocenters. The van der Waals surface area contributed by atoms with Gasteiger partial charge in [0.25, 0.3) is 5.91 Å². The summed E-state index contributed by atoms with van der Waals surface area (Å²) in [5.74, 6) is 1.50. The number of nitrogens with zero attached hydrogens (tertiary/aromatic N) is 4. The smallest absolute Gasteiger partial charge is 0.251 e. The van der Waals surface area contributed by atoms with Crippen LogP contribution in [0, 0.1) is 0 Å². The lowest BCUT2D eigenvalue weighted by molar-refractivity contribution is 0.0938. The molecule has 0 aliphatic heterocycles. The zero-order chi connectivity index (χ0) is 28.4. The number of halogens is 2. The molecule has 3 rings (SSSR count). The first-order valence-electron chi connectivity index (χ1n) is 14.0. The van der Waals surface area contributed by atoms with E-state index in [1.54, 1.807) is 12.1 Å². The summed E-state index contributed by atoms with van der Waals surface area (Å²) in [6, 6.07) is 10.7. The fraction of sp³-hybridized carbons (Fsp3) is 0.500. The zero-order valence-corrected chi connectivity index (χ0v) is 25.4. The van der Waals surface area contributed by atoms with Gasteiger partial charge < -0.3 is 20.1 Å². The lowest BCUT2D eigenvalue weighted by Gasteiger charge is -2.29. The van der Waals surface area contributed by atoms with Gasteiger partial charge in [0.15, 0.2) is 0 Å². The van der Waals surface area contributed by atoms with Gasteiger partial charge in [0.05, 0.1) is 27.8 Å². The molecule has 0 radical (unpaired) electrons. The molecule has 1 heterocycles. The third kappa shape index (κ3) is 8.69. The fourth-order valence-electron chi connectivity index (χ4n) is 4.45. The number of fused-ring (bicyclic) bond motifs is 1. The first-order chi connectivity index (χ1) is 18.8. The van der Waals surface area contributed by atoms with E-state index in [2.05, 4.69) is 52.9 Å². The summed E-state index contributed by atoms with van der Waals surface area (Å²) < 4.78 is 0. The van der Waals surface area contributed by atoms with Crippen molar-refractivity contribution in [2.75, 3.05) is 38.1 Å². The second-order valence-electron chi connectivity index (χ2n) is 10.0. The average molecular weight is 574 g/mol. The Labute approximate surface area is 243 Å². The second-order valence-corrected chi connectivity index (χ2v) is 10.8. The molecule has 9 heteroatoms. The van der Waals surface area contributed by atoms with E-state index in [1.165, 1.54) is 0 Å². The van der Waals surface area contributed by atoms with Crippen LogP contribution in [0.15, 0.2) is 41.4 Å². The number of aromatic amines is 1. The molecule has 0 saturated heterocycles. The Bertz CT molecular complexity index is 1260. The monoisotopic (exact) mass is 572 g/mol. The van der Waals surface area contributed by atoms with Crippen LogP contribution in [0.4, 0.5) is 5.69 Å². The molecule has 0 spiro atoms. The maximum Gasteiger partial charge on any atom is 0.251 e. The van der Waals surface area contributed by atoms with Gasteiger partial charge in [-0.25, -0.2) is 4.98 Å². The number of carbonyl (C=O) groups excluding carboxylic acids is 1. The molecule has 39 heavy (non-hydrogen) atoms. The summed E-state index contributed by atoms with van der Waals surface area (Å²) in [6.07, 6.45) is 5.04. The number of amides is 1. The summed E-state index contributed by atoms with van der Waals surface area (Å²) in [4.78, 5) is 30.5. The Hall–Kier alpha value is -2.61. The zero-order valence-electron chi connectivity index (χ0n) is 23.9. The molecular weight excluding hydrogens is 531 g/mol. The van der Waals surface area contributed by atoms with Crippen molar-refractivity contribution in [3.63, 3.8) is 0 Å². The number of amidine groups is 1. The molecule has 1 aromatic heterocycles. The number of aromatic nitrogens is 2. The topological polar surface area (TPSA) is 76.6 Å². The molecule has 1 amide bonds. The van der Waals surface area contributed by atoms with Gasteiger partial charge in [-0.05, 0) is 76.2 Å². The molecule has 2 aromatic carbocycles. The van der Waals surface area contributed by atoms with Crippen molar-refractivity contribution in [2.45, 2.75) is 65.8 Å². The number of H-pyrrole nitrogens is 1. The van der Waals surface area contributed by atoms with Crippen LogP contribution in [-0.2, 0) is 0 Å². The van der Waals surface area contributed by atoms with Gasteiger partial charge in [-0.2, -0.15) is 0 Å². The highest BCUT2D eigenvalue weighted by Crippen LogP contribution is 2.29. The van der Waals surface area contributed by atoms with Gasteiger partial charge >= 0.3 is 0 Å². The Balaban J connectivity index is 1.79. The van der Waals surface area contributed by atoms with E-state index in [0.29, 0.717) is 21.4 Å². The van der Waals surface area contributed by atoms with Crippen molar-refractivity contribution in [1.82, 2.24) is 20.2 Å². The van der Waals surface area contributed by atoms with Crippen LogP contribution in [0.5, 0.6) is 0 Å². The number of benzene rings is 2. The van der Waals surface area contributed by atoms with Crippen molar-refractivity contribution >= 4 is 51.7 Å². The molecule has 0 bridgehead atoms. The minimum atomic E-state index is -0.323. The highest BCUT2D eigenvalue weighted by molar-refractivity contribution is 6.34. The van der Waals surface area contributed by atoms with Crippen LogP contribution in [0.1, 0.15) is 82.0 Å². The normalized spacial score (nSPS) is 12.8. The molecule has 0 fully saturated rings. The summed E-state index contributed by atoms with van der Waals surface area (Å²) in [7, 11) is 2.15. The maximum atomic E-state index is 13.1. The van der Waals surface area contributed by atoms with Gasteiger partial charge in [0.1, 0.15) is 11.7 Å². The third-order valence-electron chi connectivity index (χ3n) is 6.61. The lowest BCUT2D eigenvalue weighted by atomic mass is 10.1. The number of imidazole rings is 1. The Kier molecular flexibility index (Phi) is 12.1. The highest BCUT2D eigenvalue weighted by Gasteiger charge is 2.20. The van der Waals surface area contributed by atoms with E-state index in [-0.39, 0.29) is 11.9 Å². The number of unbranched alkanes of at least 4 members (excludes halogenated alkanes) is 1. The predicted molar refractivity (Wildman–Crippen MR) is 166 cm³/mol. The number of rotatable bonds is 14. The number of hydrogen-bond acceptors (Lipinski definition) is 4. The quantitative estimate of drug-likeness (QED) is 0.155. The van der Waals surface area contributed by atoms with Crippen molar-refractivity contribution in [3.8, 4) is 0 Å². The average Bonchev–Trinajstić information content (AvgIpc) is 3.34. The van der Waals surface area contributed by atoms with Crippen LogP contribution in [0.2, 0.25) is 10.0 Å². The Morgan fingerprint density at radius 3 is 2.54 bits per heavy atom. The SMILES string of the molecule is CCCCN(C(CCN(C)CCC)=NCCC)c1ccc(C(=O)NC(C)c2nc3ccc(Cl)cc3[nH]2)cc1Cl. The first kappa shape index (κ1) is 30.9. The van der Waals surface area contributed by atoms with Gasteiger partial charge in [-0.1, -0.05) is 50.4 Å². The van der Waals surface area contributed by atoms with Crippen molar-refractivity contribution in [2.24, 2.45) is 4.99 Å². The fourth-order valence-corrected chi connectivity index (χ4v) is 4.91. The Morgan fingerprint density at radius 1 is 1.05 bits per heavy atom. The van der Waals surface area contributed by atoms with E-state index >= 15 is 0 Å². The molecule has 3 aromatic rings. The van der Waals surface area contributed by atoms with E-state index < -0.39 is 0 Å². The third-order valence-corrected chi connectivity index (χ3v) is 7.15. The molecule has 1 unspecified atom stereocenters. The van der Waals surface area contributed by atoms with Crippen LogP contribution in [0.25, 0.3) is 11.0 Å². The van der Waals surface area contributed by atoms with Gasteiger partial charge in [0.2, 0.25) is 0 Å². The van der Waals surface area contributed by atoms with E-state index in [9.17, 15) is 4.79 Å². The van der Waals surface area contributed by atoms with Crippen LogP contribution >= 0.6 is 23.2 Å². The van der Waals surface area contributed by atoms with E-state index in [4.69, 9.17) is 28.2 Å². The molecule has 0 saturated carbocycles. The molecule has 2 N–H and O–H groups in total. The van der Waals surface area contributed by atoms with Gasteiger partial charge in [-0.15, -0.1) is 0 Å². The molecular formula is C30H42Cl2N6O. The minimum absolute atomic E-state index is 0.212. The number of hydrogen-bond donors (Lipinski definition) is 2. The van der Waals surface area contributed by atoms with Gasteiger partial charge in [0, 0.05) is 36.6 Å². The van der Waals surface area contributed by atoms with E-state index in [0.717, 1.165) is 80.8 Å². The van der Waals surface area contributed by atoms with Crippen LogP contribution < -0.4 is 10.2 Å². The maximum absolute atomic E-state index is 13.1. The Morgan fingerprint density at radius 2 is 1.85 bits per heavy atom. The summed E-state index contributed by atoms with van der Waals surface area (Å²) in [5.41, 5.74) is 3.02. The molecule has 0 aliphatic rings.